The summed E-state index contributed by atoms with van der Waals surface area (Å²) in [6, 6.07) is 46.2. The zero-order valence-electron chi connectivity index (χ0n) is 34.0. The Kier molecular flexibility index (Phi) is 14.5. The number of carbonyl (C=O) groups excluding carboxylic acids is 2. The number of benzene rings is 6. The average molecular weight is 856 g/mol. The van der Waals surface area contributed by atoms with Crippen LogP contribution in [0.25, 0.3) is 11.1 Å². The maximum absolute atomic E-state index is 13.8. The molecule has 10 nitrogen and oxygen atoms in total. The van der Waals surface area contributed by atoms with E-state index in [-0.39, 0.29) is 42.6 Å². The van der Waals surface area contributed by atoms with E-state index >= 15 is 0 Å². The van der Waals surface area contributed by atoms with Crippen molar-refractivity contribution >= 4 is 39.3 Å². The molecule has 0 aromatic heterocycles. The predicted molar refractivity (Wildman–Crippen MR) is 239 cm³/mol. The third-order valence-corrected chi connectivity index (χ3v) is 13.0. The summed E-state index contributed by atoms with van der Waals surface area (Å²) >= 11 is 1.68. The van der Waals surface area contributed by atoms with Gasteiger partial charge in [-0.2, -0.15) is 4.72 Å². The molecule has 12 heteroatoms. The fourth-order valence-corrected chi connectivity index (χ4v) is 9.26. The van der Waals surface area contributed by atoms with Gasteiger partial charge in [0.2, 0.25) is 21.8 Å². The fraction of sp³-hybridized carbons (Fsp3) is 0.224. The van der Waals surface area contributed by atoms with E-state index in [0.717, 1.165) is 55.1 Å². The lowest BCUT2D eigenvalue weighted by Crippen LogP contribution is -2.47. The highest BCUT2D eigenvalue weighted by atomic mass is 32.2. The fourth-order valence-electron chi connectivity index (χ4n) is 7.14. The maximum Gasteiger partial charge on any atom is 0.241 e. The van der Waals surface area contributed by atoms with Gasteiger partial charge in [-0.05, 0) is 83.1 Å². The van der Waals surface area contributed by atoms with Gasteiger partial charge in [0.05, 0.1) is 23.7 Å². The van der Waals surface area contributed by atoms with E-state index in [0.29, 0.717) is 12.2 Å². The molecule has 0 spiro atoms. The van der Waals surface area contributed by atoms with Crippen molar-refractivity contribution in [2.24, 2.45) is 0 Å². The lowest BCUT2D eigenvalue weighted by atomic mass is 9.97. The van der Waals surface area contributed by atoms with Crippen LogP contribution in [0.5, 0.6) is 0 Å². The molecule has 4 N–H and O–H groups in total. The highest BCUT2D eigenvalue weighted by molar-refractivity contribution is 7.99. The van der Waals surface area contributed by atoms with Crippen LogP contribution in [-0.2, 0) is 48.7 Å². The number of nitrogens with one attached hydrogen (secondary N) is 3. The number of amides is 2. The van der Waals surface area contributed by atoms with E-state index in [4.69, 9.17) is 9.47 Å². The third-order valence-electron chi connectivity index (χ3n) is 10.4. The largest absolute Gasteiger partial charge is 0.392 e. The summed E-state index contributed by atoms with van der Waals surface area (Å²) in [4.78, 5) is 26.4. The summed E-state index contributed by atoms with van der Waals surface area (Å²) in [7, 11) is -3.99. The van der Waals surface area contributed by atoms with Crippen LogP contribution in [0.1, 0.15) is 59.1 Å². The Hall–Kier alpha value is -5.60. The molecular formula is C49H49N3O7S2. The minimum atomic E-state index is -3.99. The van der Waals surface area contributed by atoms with E-state index in [1.165, 1.54) is 19.1 Å². The molecule has 0 aliphatic carbocycles. The van der Waals surface area contributed by atoms with Crippen LogP contribution >= 0.6 is 11.8 Å². The summed E-state index contributed by atoms with van der Waals surface area (Å²) in [5, 5.41) is 15.4. The molecule has 6 aromatic carbocycles. The highest BCUT2D eigenvalue weighted by Gasteiger charge is 2.32. The van der Waals surface area contributed by atoms with Gasteiger partial charge in [0, 0.05) is 41.8 Å². The second-order valence-electron chi connectivity index (χ2n) is 15.0. The molecule has 6 aromatic rings. The van der Waals surface area contributed by atoms with E-state index in [9.17, 15) is 23.1 Å². The summed E-state index contributed by atoms with van der Waals surface area (Å²) in [5.41, 5.74) is 7.89. The Morgan fingerprint density at radius 1 is 0.770 bits per heavy atom. The zero-order valence-corrected chi connectivity index (χ0v) is 35.6. The van der Waals surface area contributed by atoms with Crippen LogP contribution < -0.4 is 15.4 Å². The van der Waals surface area contributed by atoms with Crippen LogP contribution in [-0.4, -0.2) is 43.2 Å². The Morgan fingerprint density at radius 3 is 2.13 bits per heavy atom. The SMILES string of the molecule is CC(=O)Nc1ccc(SC[C@@H]2C[C@H](c3ccc(CO)cc3)O[C@H](c3ccc(-c4ccccc4CNC(=O)[C@@H](Cc4ccccc4)NS(=O)(=O)c4ccc(C)cc4)cc3)O2)cc1. The molecule has 1 saturated heterocycles. The molecule has 1 aliphatic heterocycles. The van der Waals surface area contributed by atoms with Crippen molar-refractivity contribution in [1.29, 1.82) is 0 Å². The molecular weight excluding hydrogens is 807 g/mol. The van der Waals surface area contributed by atoms with E-state index in [1.54, 1.807) is 23.9 Å². The number of hydrogen-bond acceptors (Lipinski definition) is 8. The molecule has 314 valence electrons. The first-order valence-electron chi connectivity index (χ1n) is 20.1. The third kappa shape index (κ3) is 11.8. The first-order chi connectivity index (χ1) is 29.5. The average Bonchev–Trinajstić information content (AvgIpc) is 3.28. The van der Waals surface area contributed by atoms with Gasteiger partial charge >= 0.3 is 0 Å². The number of aliphatic hydroxyl groups is 1. The van der Waals surface area contributed by atoms with E-state index in [2.05, 4.69) is 15.4 Å². The normalized spacial score (nSPS) is 17.0. The molecule has 61 heavy (non-hydrogen) atoms. The minimum absolute atomic E-state index is 0.0375. The first kappa shape index (κ1) is 43.5. The number of rotatable bonds is 16. The van der Waals surface area contributed by atoms with Gasteiger partial charge in [-0.15, -0.1) is 11.8 Å². The topological polar surface area (TPSA) is 143 Å². The molecule has 1 aliphatic rings. The number of carbonyl (C=O) groups is 2. The van der Waals surface area contributed by atoms with Crippen LogP contribution in [0.3, 0.4) is 0 Å². The molecule has 0 bridgehead atoms. The van der Waals surface area contributed by atoms with Crippen LogP contribution in [0, 0.1) is 6.92 Å². The zero-order chi connectivity index (χ0) is 42.8. The van der Waals surface area contributed by atoms with Crippen molar-refractivity contribution in [2.75, 3.05) is 11.1 Å². The van der Waals surface area contributed by atoms with Gasteiger partial charge in [0.25, 0.3) is 0 Å². The monoisotopic (exact) mass is 855 g/mol. The van der Waals surface area contributed by atoms with Crippen molar-refractivity contribution in [3.8, 4) is 11.1 Å². The standard InChI is InChI=1S/C49H49N3O7S2/c1-33-12-26-44(27-13-33)61(56,57)52-46(28-35-8-4-3-5-9-35)48(55)50-30-40-10-6-7-11-45(40)37-18-20-39(21-19-37)49-58-42(29-47(59-49)38-16-14-36(31-53)15-17-38)32-60-43-24-22-41(23-25-43)51-34(2)54/h3-27,42,46-47,49,52-53H,28-32H2,1-2H3,(H,50,55)(H,51,54)/t42-,46+,47+,49+/m0/s1. The Labute approximate surface area is 361 Å². The highest BCUT2D eigenvalue weighted by Crippen LogP contribution is 2.40. The van der Waals surface area contributed by atoms with Crippen molar-refractivity contribution in [2.45, 2.75) is 74.2 Å². The van der Waals surface area contributed by atoms with Crippen molar-refractivity contribution in [1.82, 2.24) is 10.0 Å². The molecule has 0 radical (unpaired) electrons. The molecule has 1 fully saturated rings. The number of hydrogen-bond donors (Lipinski definition) is 4. The van der Waals surface area contributed by atoms with E-state index in [1.807, 2.05) is 134 Å². The number of aryl methyl sites for hydroxylation is 1. The Bertz CT molecular complexity index is 2500. The van der Waals surface area contributed by atoms with Crippen molar-refractivity contribution in [3.05, 3.63) is 185 Å². The number of thioether (sulfide) groups is 1. The van der Waals surface area contributed by atoms with Crippen molar-refractivity contribution < 1.29 is 32.6 Å². The van der Waals surface area contributed by atoms with Crippen molar-refractivity contribution in [3.63, 3.8) is 0 Å². The number of aliphatic hydroxyl groups excluding tert-OH is 1. The quantitative estimate of drug-likeness (QED) is 0.0709. The summed E-state index contributed by atoms with van der Waals surface area (Å²) in [5.74, 6) is 0.126. The lowest BCUT2D eigenvalue weighted by molar-refractivity contribution is -0.245. The van der Waals surface area contributed by atoms with Crippen LogP contribution in [0.15, 0.2) is 161 Å². The molecule has 1 heterocycles. The van der Waals surface area contributed by atoms with Gasteiger partial charge in [-0.1, -0.05) is 121 Å². The van der Waals surface area contributed by atoms with Crippen LogP contribution in [0.4, 0.5) is 5.69 Å². The molecule has 0 saturated carbocycles. The smallest absolute Gasteiger partial charge is 0.241 e. The summed E-state index contributed by atoms with van der Waals surface area (Å²) in [6.45, 7) is 3.51. The lowest BCUT2D eigenvalue weighted by Gasteiger charge is -2.36. The Morgan fingerprint density at radius 2 is 1.44 bits per heavy atom. The number of ether oxygens (including phenoxy) is 2. The second-order valence-corrected chi connectivity index (χ2v) is 17.8. The summed E-state index contributed by atoms with van der Waals surface area (Å²) < 4.78 is 42.7. The number of sulfonamides is 1. The van der Waals surface area contributed by atoms with Gasteiger partial charge in [-0.3, -0.25) is 9.59 Å². The molecule has 0 unspecified atom stereocenters. The molecule has 2 amide bonds. The van der Waals surface area contributed by atoms with E-state index < -0.39 is 28.3 Å². The molecule has 7 rings (SSSR count). The van der Waals surface area contributed by atoms with Gasteiger partial charge in [0.1, 0.15) is 6.04 Å². The van der Waals surface area contributed by atoms with Gasteiger partial charge in [-0.25, -0.2) is 8.42 Å². The maximum atomic E-state index is 13.8. The van der Waals surface area contributed by atoms with Gasteiger partial charge < -0.3 is 25.2 Å². The predicted octanol–water partition coefficient (Wildman–Crippen LogP) is 8.66. The first-order valence-corrected chi connectivity index (χ1v) is 22.6. The summed E-state index contributed by atoms with van der Waals surface area (Å²) in [6.07, 6.45) is -0.207. The second kappa shape index (κ2) is 20.3. The number of anilines is 1. The van der Waals surface area contributed by atoms with Gasteiger partial charge in [0.15, 0.2) is 6.29 Å². The Balaban J connectivity index is 1.06. The molecule has 4 atom stereocenters. The van der Waals surface area contributed by atoms with Crippen LogP contribution in [0.2, 0.25) is 0 Å². The minimum Gasteiger partial charge on any atom is -0.392 e.